The molecule has 3 atom stereocenters. The Morgan fingerprint density at radius 2 is 2.12 bits per heavy atom. The number of rotatable bonds is 6. The van der Waals surface area contributed by atoms with Gasteiger partial charge in [-0.1, -0.05) is 33.1 Å². The first kappa shape index (κ1) is 13.4. The summed E-state index contributed by atoms with van der Waals surface area (Å²) in [5, 5.41) is 14.3. The van der Waals surface area contributed by atoms with Crippen molar-refractivity contribution in [3.8, 4) is 0 Å². The Kier molecular flexibility index (Phi) is 4.48. The van der Waals surface area contributed by atoms with Crippen LogP contribution in [-0.2, 0) is 0 Å². The molecule has 0 heterocycles. The van der Waals surface area contributed by atoms with E-state index in [0.717, 1.165) is 25.3 Å². The summed E-state index contributed by atoms with van der Waals surface area (Å²) in [4.78, 5) is 0. The second kappa shape index (κ2) is 5.71. The van der Waals surface area contributed by atoms with E-state index < -0.39 is 5.60 Å². The summed E-state index contributed by atoms with van der Waals surface area (Å²) in [5.74, 6) is 1.60. The fraction of sp³-hybridized carbons (Fsp3) is 1.00. The summed E-state index contributed by atoms with van der Waals surface area (Å²) < 4.78 is 0. The van der Waals surface area contributed by atoms with E-state index in [1.807, 2.05) is 0 Å². The summed E-state index contributed by atoms with van der Waals surface area (Å²) in [5.41, 5.74) is -0.418. The molecule has 2 heteroatoms. The predicted octanol–water partition coefficient (Wildman–Crippen LogP) is 3.10. The van der Waals surface area contributed by atoms with E-state index >= 15 is 0 Å². The minimum atomic E-state index is -0.418. The first-order valence-electron chi connectivity index (χ1n) is 7.59. The Morgan fingerprint density at radius 3 is 2.71 bits per heavy atom. The van der Waals surface area contributed by atoms with Crippen LogP contribution in [0.3, 0.4) is 0 Å². The van der Waals surface area contributed by atoms with Gasteiger partial charge in [-0.05, 0) is 43.9 Å². The maximum atomic E-state index is 10.6. The summed E-state index contributed by atoms with van der Waals surface area (Å²) in [7, 11) is 0. The molecule has 0 radical (unpaired) electrons. The third-order valence-electron chi connectivity index (χ3n) is 4.55. The standard InChI is InChI=1S/C15H29NO/c1-3-5-14(13-7-8-13)16-11-15(17)9-4-6-12(2)10-15/h12-14,16-17H,3-11H2,1-2H3. The Labute approximate surface area is 106 Å². The molecule has 0 amide bonds. The minimum Gasteiger partial charge on any atom is -0.389 e. The number of hydrogen-bond acceptors (Lipinski definition) is 2. The first-order chi connectivity index (χ1) is 8.13. The third-order valence-corrected chi connectivity index (χ3v) is 4.55. The largest absolute Gasteiger partial charge is 0.389 e. The molecule has 2 N–H and O–H groups in total. The SMILES string of the molecule is CCCC(NCC1(O)CCCC(C)C1)C1CC1. The monoisotopic (exact) mass is 239 g/mol. The average molecular weight is 239 g/mol. The molecule has 2 rings (SSSR count). The van der Waals surface area contributed by atoms with Crippen LogP contribution in [0.4, 0.5) is 0 Å². The van der Waals surface area contributed by atoms with Crippen molar-refractivity contribution >= 4 is 0 Å². The van der Waals surface area contributed by atoms with Gasteiger partial charge in [-0.3, -0.25) is 0 Å². The lowest BCUT2D eigenvalue weighted by Gasteiger charge is -2.37. The van der Waals surface area contributed by atoms with Gasteiger partial charge in [-0.25, -0.2) is 0 Å². The molecule has 100 valence electrons. The molecular formula is C15H29NO. The predicted molar refractivity (Wildman–Crippen MR) is 72.0 cm³/mol. The molecular weight excluding hydrogens is 210 g/mol. The highest BCUT2D eigenvalue weighted by Gasteiger charge is 2.35. The molecule has 0 aromatic carbocycles. The van der Waals surface area contributed by atoms with Gasteiger partial charge in [0.05, 0.1) is 5.60 Å². The van der Waals surface area contributed by atoms with Crippen molar-refractivity contribution in [2.24, 2.45) is 11.8 Å². The number of nitrogens with one attached hydrogen (secondary N) is 1. The summed E-state index contributed by atoms with van der Waals surface area (Å²) in [6.45, 7) is 5.35. The first-order valence-corrected chi connectivity index (χ1v) is 7.59. The average Bonchev–Trinajstić information content (AvgIpc) is 3.07. The Bertz CT molecular complexity index is 239. The lowest BCUT2D eigenvalue weighted by molar-refractivity contribution is -0.0144. The molecule has 17 heavy (non-hydrogen) atoms. The molecule has 2 saturated carbocycles. The quantitative estimate of drug-likeness (QED) is 0.746. The second-order valence-corrected chi connectivity index (χ2v) is 6.54. The molecule has 2 aliphatic carbocycles. The van der Waals surface area contributed by atoms with Crippen LogP contribution < -0.4 is 5.32 Å². The molecule has 0 saturated heterocycles. The van der Waals surface area contributed by atoms with E-state index in [4.69, 9.17) is 0 Å². The molecule has 0 bridgehead atoms. The van der Waals surface area contributed by atoms with Crippen molar-refractivity contribution < 1.29 is 5.11 Å². The molecule has 2 fully saturated rings. The molecule has 0 aromatic heterocycles. The Morgan fingerprint density at radius 1 is 1.35 bits per heavy atom. The molecule has 0 aromatic rings. The van der Waals surface area contributed by atoms with E-state index in [1.54, 1.807) is 0 Å². The van der Waals surface area contributed by atoms with Crippen LogP contribution in [0.1, 0.15) is 65.2 Å². The minimum absolute atomic E-state index is 0.418. The van der Waals surface area contributed by atoms with Crippen molar-refractivity contribution in [1.29, 1.82) is 0 Å². The molecule has 0 spiro atoms. The number of hydrogen-bond donors (Lipinski definition) is 2. The zero-order valence-corrected chi connectivity index (χ0v) is 11.5. The van der Waals surface area contributed by atoms with E-state index in [9.17, 15) is 5.11 Å². The summed E-state index contributed by atoms with van der Waals surface area (Å²) >= 11 is 0. The van der Waals surface area contributed by atoms with E-state index in [2.05, 4.69) is 19.2 Å². The normalized spacial score (nSPS) is 35.8. The summed E-state index contributed by atoms with van der Waals surface area (Å²) in [6, 6.07) is 0.668. The van der Waals surface area contributed by atoms with E-state index in [0.29, 0.717) is 12.0 Å². The molecule has 0 aliphatic heterocycles. The zero-order valence-electron chi connectivity index (χ0n) is 11.5. The Balaban J connectivity index is 1.78. The topological polar surface area (TPSA) is 32.3 Å². The molecule has 3 unspecified atom stereocenters. The van der Waals surface area contributed by atoms with Gasteiger partial charge < -0.3 is 10.4 Å². The highest BCUT2D eigenvalue weighted by Crippen LogP contribution is 2.36. The maximum Gasteiger partial charge on any atom is 0.0774 e. The van der Waals surface area contributed by atoms with Crippen molar-refractivity contribution in [2.75, 3.05) is 6.54 Å². The van der Waals surface area contributed by atoms with Crippen LogP contribution >= 0.6 is 0 Å². The van der Waals surface area contributed by atoms with E-state index in [1.165, 1.54) is 38.5 Å². The summed E-state index contributed by atoms with van der Waals surface area (Å²) in [6.07, 6.45) is 9.79. The van der Waals surface area contributed by atoms with Crippen molar-refractivity contribution in [2.45, 2.75) is 76.9 Å². The van der Waals surface area contributed by atoms with Gasteiger partial charge in [-0.15, -0.1) is 0 Å². The van der Waals surface area contributed by atoms with Crippen LogP contribution in [0.5, 0.6) is 0 Å². The lowest BCUT2D eigenvalue weighted by Crippen LogP contribution is -2.47. The van der Waals surface area contributed by atoms with Gasteiger partial charge >= 0.3 is 0 Å². The van der Waals surface area contributed by atoms with Crippen molar-refractivity contribution in [1.82, 2.24) is 5.32 Å². The van der Waals surface area contributed by atoms with E-state index in [-0.39, 0.29) is 0 Å². The van der Waals surface area contributed by atoms with Gasteiger partial charge in [0, 0.05) is 12.6 Å². The Hall–Kier alpha value is -0.0800. The number of aliphatic hydroxyl groups is 1. The smallest absolute Gasteiger partial charge is 0.0774 e. The third kappa shape index (κ3) is 3.96. The van der Waals surface area contributed by atoms with Crippen molar-refractivity contribution in [3.05, 3.63) is 0 Å². The van der Waals surface area contributed by atoms with Crippen LogP contribution in [0.25, 0.3) is 0 Å². The fourth-order valence-corrected chi connectivity index (χ4v) is 3.43. The second-order valence-electron chi connectivity index (χ2n) is 6.54. The highest BCUT2D eigenvalue weighted by molar-refractivity contribution is 4.91. The van der Waals surface area contributed by atoms with Gasteiger partial charge in [0.15, 0.2) is 0 Å². The fourth-order valence-electron chi connectivity index (χ4n) is 3.43. The molecule has 2 nitrogen and oxygen atoms in total. The zero-order chi connectivity index (χ0) is 12.3. The highest BCUT2D eigenvalue weighted by atomic mass is 16.3. The maximum absolute atomic E-state index is 10.6. The van der Waals surface area contributed by atoms with Crippen molar-refractivity contribution in [3.63, 3.8) is 0 Å². The van der Waals surface area contributed by atoms with Gasteiger partial charge in [0.25, 0.3) is 0 Å². The van der Waals surface area contributed by atoms with Crippen LogP contribution in [0.15, 0.2) is 0 Å². The van der Waals surface area contributed by atoms with Gasteiger partial charge in [0.2, 0.25) is 0 Å². The molecule has 2 aliphatic rings. The van der Waals surface area contributed by atoms with Gasteiger partial charge in [-0.2, -0.15) is 0 Å². The lowest BCUT2D eigenvalue weighted by atomic mass is 9.79. The van der Waals surface area contributed by atoms with Gasteiger partial charge in [0.1, 0.15) is 0 Å². The van der Waals surface area contributed by atoms with Crippen LogP contribution in [0.2, 0.25) is 0 Å². The van der Waals surface area contributed by atoms with Crippen LogP contribution in [0, 0.1) is 11.8 Å². The van der Waals surface area contributed by atoms with Crippen LogP contribution in [-0.4, -0.2) is 23.3 Å².